The molecule has 84 valence electrons. The number of nitrogens with zero attached hydrogens (tertiary/aromatic N) is 2. The van der Waals surface area contributed by atoms with Crippen molar-refractivity contribution in [1.29, 1.82) is 0 Å². The lowest BCUT2D eigenvalue weighted by Gasteiger charge is -2.00. The molecule has 0 amide bonds. The lowest BCUT2D eigenvalue weighted by Crippen LogP contribution is -2.03. The van der Waals surface area contributed by atoms with E-state index in [1.807, 2.05) is 24.3 Å². The summed E-state index contributed by atoms with van der Waals surface area (Å²) in [7, 11) is 0. The molecule has 2 aromatic rings. The average molecular weight is 224 g/mol. The molecule has 0 saturated carbocycles. The van der Waals surface area contributed by atoms with Crippen molar-refractivity contribution in [2.75, 3.05) is 0 Å². The van der Waals surface area contributed by atoms with Gasteiger partial charge in [-0.25, -0.2) is 4.98 Å². The minimum absolute atomic E-state index is 0.00139. The third kappa shape index (κ3) is 2.67. The van der Waals surface area contributed by atoms with Crippen LogP contribution in [0.2, 0.25) is 0 Å². The molecule has 0 radical (unpaired) electrons. The number of benzene rings is 1. The highest BCUT2D eigenvalue weighted by atomic mass is 16.1. The van der Waals surface area contributed by atoms with E-state index >= 15 is 0 Å². The van der Waals surface area contributed by atoms with Crippen LogP contribution in [0.1, 0.15) is 29.8 Å². The predicted molar refractivity (Wildman–Crippen MR) is 66.6 cm³/mol. The highest BCUT2D eigenvalue weighted by Gasteiger charge is 2.08. The van der Waals surface area contributed by atoms with Gasteiger partial charge in [0, 0.05) is 12.8 Å². The largest absolute Gasteiger partial charge is 0.292 e. The maximum absolute atomic E-state index is 11.8. The van der Waals surface area contributed by atoms with Gasteiger partial charge in [0.15, 0.2) is 5.78 Å². The Morgan fingerprint density at radius 1 is 1.29 bits per heavy atom. The predicted octanol–water partition coefficient (Wildman–Crippen LogP) is 2.62. The number of terminal acetylenes is 1. The fourth-order valence-corrected chi connectivity index (χ4v) is 1.57. The van der Waals surface area contributed by atoms with Crippen molar-refractivity contribution in [1.82, 2.24) is 9.97 Å². The Bertz CT molecular complexity index is 584. The van der Waals surface area contributed by atoms with E-state index in [2.05, 4.69) is 15.9 Å². The highest BCUT2D eigenvalue weighted by molar-refractivity contribution is 5.95. The van der Waals surface area contributed by atoms with Crippen molar-refractivity contribution in [2.24, 2.45) is 0 Å². The van der Waals surface area contributed by atoms with Gasteiger partial charge in [-0.15, -0.1) is 12.3 Å². The third-order valence-electron chi connectivity index (χ3n) is 2.46. The van der Waals surface area contributed by atoms with Crippen LogP contribution in [0.3, 0.4) is 0 Å². The van der Waals surface area contributed by atoms with E-state index in [0.717, 1.165) is 11.0 Å². The highest BCUT2D eigenvalue weighted by Crippen LogP contribution is 2.10. The molecule has 0 bridgehead atoms. The molecular formula is C14H12N2O. The van der Waals surface area contributed by atoms with E-state index in [0.29, 0.717) is 25.0 Å². The molecule has 3 nitrogen and oxygen atoms in total. The molecular weight excluding hydrogens is 212 g/mol. The lowest BCUT2D eigenvalue weighted by atomic mass is 10.1. The molecule has 0 unspecified atom stereocenters. The first-order chi connectivity index (χ1) is 8.31. The van der Waals surface area contributed by atoms with Crippen molar-refractivity contribution >= 4 is 16.8 Å². The molecule has 0 N–H and O–H groups in total. The zero-order valence-electron chi connectivity index (χ0n) is 9.39. The number of unbranched alkanes of at least 4 members (excludes halogenated alkanes) is 1. The maximum atomic E-state index is 11.8. The topological polar surface area (TPSA) is 42.9 Å². The molecule has 1 aromatic heterocycles. The van der Waals surface area contributed by atoms with Gasteiger partial charge in [0.2, 0.25) is 0 Å². The molecule has 0 aliphatic heterocycles. The van der Waals surface area contributed by atoms with Gasteiger partial charge in [0.1, 0.15) is 5.69 Å². The summed E-state index contributed by atoms with van der Waals surface area (Å²) in [5.41, 5.74) is 1.96. The van der Waals surface area contributed by atoms with Gasteiger partial charge in [0.05, 0.1) is 17.2 Å². The Morgan fingerprint density at radius 3 is 2.82 bits per heavy atom. The molecule has 2 rings (SSSR count). The number of fused-ring (bicyclic) bond motifs is 1. The summed E-state index contributed by atoms with van der Waals surface area (Å²) in [6, 6.07) is 7.49. The molecule has 0 aliphatic rings. The maximum Gasteiger partial charge on any atom is 0.182 e. The van der Waals surface area contributed by atoms with E-state index in [1.165, 1.54) is 6.20 Å². The summed E-state index contributed by atoms with van der Waals surface area (Å²) in [5, 5.41) is 0. The second-order valence-corrected chi connectivity index (χ2v) is 3.72. The normalized spacial score (nSPS) is 10.1. The van der Waals surface area contributed by atoms with E-state index in [4.69, 9.17) is 6.42 Å². The zero-order chi connectivity index (χ0) is 12.1. The fraction of sp³-hybridized carbons (Fsp3) is 0.214. The van der Waals surface area contributed by atoms with Gasteiger partial charge >= 0.3 is 0 Å². The van der Waals surface area contributed by atoms with E-state index < -0.39 is 0 Å². The molecule has 0 aliphatic carbocycles. The first-order valence-corrected chi connectivity index (χ1v) is 5.49. The standard InChI is InChI=1S/C14H12N2O/c1-2-3-4-9-14(17)13-10-15-11-7-5-6-8-12(11)16-13/h1,5-8,10H,3-4,9H2. The Balaban J connectivity index is 2.19. The van der Waals surface area contributed by atoms with Crippen LogP contribution < -0.4 is 0 Å². The van der Waals surface area contributed by atoms with Gasteiger partial charge in [-0.2, -0.15) is 0 Å². The fourth-order valence-electron chi connectivity index (χ4n) is 1.57. The number of hydrogen-bond acceptors (Lipinski definition) is 3. The summed E-state index contributed by atoms with van der Waals surface area (Å²) < 4.78 is 0. The second-order valence-electron chi connectivity index (χ2n) is 3.72. The molecule has 0 atom stereocenters. The Morgan fingerprint density at radius 2 is 2.06 bits per heavy atom. The van der Waals surface area contributed by atoms with Gasteiger partial charge in [-0.3, -0.25) is 9.78 Å². The number of carbonyl (C=O) groups excluding carboxylic acids is 1. The Hall–Kier alpha value is -2.21. The van der Waals surface area contributed by atoms with Crippen molar-refractivity contribution in [3.8, 4) is 12.3 Å². The number of ketones is 1. The van der Waals surface area contributed by atoms with Crippen LogP contribution in [0, 0.1) is 12.3 Å². The van der Waals surface area contributed by atoms with Crippen LogP contribution in [0.25, 0.3) is 11.0 Å². The van der Waals surface area contributed by atoms with Crippen LogP contribution >= 0.6 is 0 Å². The first kappa shape index (κ1) is 11.3. The summed E-state index contributed by atoms with van der Waals surface area (Å²) >= 11 is 0. The minimum Gasteiger partial charge on any atom is -0.292 e. The first-order valence-electron chi connectivity index (χ1n) is 5.49. The van der Waals surface area contributed by atoms with Gasteiger partial charge in [0.25, 0.3) is 0 Å². The van der Waals surface area contributed by atoms with E-state index in [9.17, 15) is 4.79 Å². The summed E-state index contributed by atoms with van der Waals surface area (Å²) in [6.45, 7) is 0. The van der Waals surface area contributed by atoms with Crippen molar-refractivity contribution in [3.63, 3.8) is 0 Å². The van der Waals surface area contributed by atoms with Crippen LogP contribution in [-0.4, -0.2) is 15.8 Å². The Labute approximate surface area is 99.9 Å². The van der Waals surface area contributed by atoms with Gasteiger partial charge in [-0.05, 0) is 18.6 Å². The van der Waals surface area contributed by atoms with Crippen LogP contribution in [-0.2, 0) is 0 Å². The number of aromatic nitrogens is 2. The quantitative estimate of drug-likeness (QED) is 0.455. The van der Waals surface area contributed by atoms with Crippen LogP contribution in [0.5, 0.6) is 0 Å². The molecule has 17 heavy (non-hydrogen) atoms. The smallest absolute Gasteiger partial charge is 0.182 e. The van der Waals surface area contributed by atoms with Crippen LogP contribution in [0.4, 0.5) is 0 Å². The number of hydrogen-bond donors (Lipinski definition) is 0. The minimum atomic E-state index is -0.00139. The average Bonchev–Trinajstić information content (AvgIpc) is 2.38. The third-order valence-corrected chi connectivity index (χ3v) is 2.46. The van der Waals surface area contributed by atoms with Crippen molar-refractivity contribution in [2.45, 2.75) is 19.3 Å². The van der Waals surface area contributed by atoms with E-state index in [-0.39, 0.29) is 5.78 Å². The zero-order valence-corrected chi connectivity index (χ0v) is 9.39. The molecule has 1 aromatic carbocycles. The van der Waals surface area contributed by atoms with Gasteiger partial charge < -0.3 is 0 Å². The molecule has 1 heterocycles. The monoisotopic (exact) mass is 224 g/mol. The van der Waals surface area contributed by atoms with Gasteiger partial charge in [-0.1, -0.05) is 12.1 Å². The van der Waals surface area contributed by atoms with E-state index in [1.54, 1.807) is 0 Å². The molecule has 3 heteroatoms. The summed E-state index contributed by atoms with van der Waals surface area (Å²) in [6.07, 6.45) is 8.41. The lowest BCUT2D eigenvalue weighted by molar-refractivity contribution is 0.0976. The number of Topliss-reactive ketones (excluding diaryl/α,β-unsaturated/α-hetero) is 1. The number of carbonyl (C=O) groups is 1. The van der Waals surface area contributed by atoms with Crippen molar-refractivity contribution in [3.05, 3.63) is 36.2 Å². The van der Waals surface area contributed by atoms with Crippen molar-refractivity contribution < 1.29 is 4.79 Å². The summed E-state index contributed by atoms with van der Waals surface area (Å²) in [5.74, 6) is 2.51. The summed E-state index contributed by atoms with van der Waals surface area (Å²) in [4.78, 5) is 20.3. The second kappa shape index (κ2) is 5.22. The molecule has 0 saturated heterocycles. The SMILES string of the molecule is C#CCCCC(=O)c1cnc2ccccc2n1. The molecule has 0 spiro atoms. The van der Waals surface area contributed by atoms with Crippen LogP contribution in [0.15, 0.2) is 30.5 Å². The Kier molecular flexibility index (Phi) is 3.46. The number of rotatable bonds is 4. The number of para-hydroxylation sites is 2. The molecule has 0 fully saturated rings.